The first-order valence-corrected chi connectivity index (χ1v) is 7.29. The van der Waals surface area contributed by atoms with E-state index in [9.17, 15) is 4.39 Å². The van der Waals surface area contributed by atoms with Crippen molar-refractivity contribution in [1.82, 2.24) is 15.2 Å². The topological polar surface area (TPSA) is 62.7 Å². The highest BCUT2D eigenvalue weighted by atomic mass is 35.5. The number of halogens is 3. The van der Waals surface area contributed by atoms with Crippen LogP contribution in [-0.4, -0.2) is 15.2 Å². The quantitative estimate of drug-likeness (QED) is 0.707. The van der Waals surface area contributed by atoms with E-state index < -0.39 is 0 Å². The van der Waals surface area contributed by atoms with Crippen molar-refractivity contribution in [3.8, 4) is 0 Å². The predicted molar refractivity (Wildman–Crippen MR) is 89.3 cm³/mol. The molecule has 0 aliphatic rings. The average Bonchev–Trinajstić information content (AvgIpc) is 2.46. The number of rotatable bonds is 4. The summed E-state index contributed by atoms with van der Waals surface area (Å²) in [6.45, 7) is 0. The van der Waals surface area contributed by atoms with Gasteiger partial charge in [0.05, 0.1) is 6.20 Å². The van der Waals surface area contributed by atoms with Crippen LogP contribution in [0.4, 0.5) is 27.5 Å². The third kappa shape index (κ3) is 4.28. The highest BCUT2D eigenvalue weighted by Crippen LogP contribution is 2.24. The van der Waals surface area contributed by atoms with Crippen LogP contribution in [0.1, 0.15) is 0 Å². The van der Waals surface area contributed by atoms with Crippen LogP contribution < -0.4 is 10.6 Å². The van der Waals surface area contributed by atoms with Crippen molar-refractivity contribution < 1.29 is 4.39 Å². The summed E-state index contributed by atoms with van der Waals surface area (Å²) in [5.74, 6) is 0.316. The van der Waals surface area contributed by atoms with E-state index in [0.717, 1.165) is 0 Å². The Balaban J connectivity index is 1.79. The summed E-state index contributed by atoms with van der Waals surface area (Å²) < 4.78 is 13.2. The van der Waals surface area contributed by atoms with Crippen molar-refractivity contribution >= 4 is 46.3 Å². The van der Waals surface area contributed by atoms with Crippen LogP contribution in [0.15, 0.2) is 48.7 Å². The fourth-order valence-corrected chi connectivity index (χ4v) is 2.41. The number of nitrogens with one attached hydrogen (secondary N) is 2. The SMILES string of the molecule is Fc1cccc(Nc2nncc(Nc3cc(Cl)cc(Cl)c3)n2)c1. The van der Waals surface area contributed by atoms with Crippen LogP contribution in [0.5, 0.6) is 0 Å². The normalized spacial score (nSPS) is 10.4. The van der Waals surface area contributed by atoms with E-state index in [-0.39, 0.29) is 11.8 Å². The van der Waals surface area contributed by atoms with Gasteiger partial charge >= 0.3 is 0 Å². The van der Waals surface area contributed by atoms with E-state index in [0.29, 0.717) is 27.2 Å². The van der Waals surface area contributed by atoms with E-state index in [2.05, 4.69) is 25.8 Å². The van der Waals surface area contributed by atoms with Gasteiger partial charge in [-0.15, -0.1) is 5.10 Å². The lowest BCUT2D eigenvalue weighted by atomic mass is 10.3. The molecule has 2 N–H and O–H groups in total. The molecule has 0 atom stereocenters. The van der Waals surface area contributed by atoms with Crippen LogP contribution in [-0.2, 0) is 0 Å². The maximum Gasteiger partial charge on any atom is 0.249 e. The van der Waals surface area contributed by atoms with Crippen molar-refractivity contribution in [2.45, 2.75) is 0 Å². The average molecular weight is 350 g/mol. The van der Waals surface area contributed by atoms with Crippen LogP contribution >= 0.6 is 23.2 Å². The van der Waals surface area contributed by atoms with Gasteiger partial charge in [-0.25, -0.2) is 4.39 Å². The Hall–Kier alpha value is -2.44. The highest BCUT2D eigenvalue weighted by Gasteiger charge is 2.04. The minimum Gasteiger partial charge on any atom is -0.339 e. The minimum atomic E-state index is -0.356. The summed E-state index contributed by atoms with van der Waals surface area (Å²) in [7, 11) is 0. The molecular weight excluding hydrogens is 340 g/mol. The van der Waals surface area contributed by atoms with E-state index in [1.54, 1.807) is 30.3 Å². The van der Waals surface area contributed by atoms with Gasteiger partial charge in [0.2, 0.25) is 5.95 Å². The molecule has 0 saturated heterocycles. The first-order chi connectivity index (χ1) is 11.1. The maximum absolute atomic E-state index is 13.2. The van der Waals surface area contributed by atoms with Gasteiger partial charge in [0.25, 0.3) is 0 Å². The fraction of sp³-hybridized carbons (Fsp3) is 0. The molecule has 0 radical (unpaired) electrons. The lowest BCUT2D eigenvalue weighted by Crippen LogP contribution is -2.02. The molecule has 5 nitrogen and oxygen atoms in total. The van der Waals surface area contributed by atoms with Crippen molar-refractivity contribution in [2.75, 3.05) is 10.6 Å². The zero-order valence-corrected chi connectivity index (χ0v) is 13.1. The Labute approximate surface area is 141 Å². The number of anilines is 4. The van der Waals surface area contributed by atoms with Gasteiger partial charge in [-0.05, 0) is 36.4 Å². The standard InChI is InChI=1S/C15H10Cl2FN5/c16-9-4-10(17)6-13(5-9)20-14-8-19-23-15(22-14)21-12-3-1-2-11(18)7-12/h1-8H,(H2,20,21,22,23). The summed E-state index contributed by atoms with van der Waals surface area (Å²) in [5.41, 5.74) is 1.19. The molecule has 0 bridgehead atoms. The maximum atomic E-state index is 13.2. The molecule has 23 heavy (non-hydrogen) atoms. The summed E-state index contributed by atoms with van der Waals surface area (Å²) in [6.07, 6.45) is 1.45. The molecule has 0 aliphatic heterocycles. The molecular formula is C15H10Cl2FN5. The molecule has 0 saturated carbocycles. The van der Waals surface area contributed by atoms with Gasteiger partial charge in [-0.1, -0.05) is 29.3 Å². The van der Waals surface area contributed by atoms with Gasteiger partial charge in [-0.2, -0.15) is 10.1 Å². The molecule has 0 amide bonds. The Morgan fingerprint density at radius 2 is 1.70 bits per heavy atom. The lowest BCUT2D eigenvalue weighted by molar-refractivity contribution is 0.628. The third-order valence-corrected chi connectivity index (χ3v) is 3.21. The molecule has 116 valence electrons. The zero-order valence-electron chi connectivity index (χ0n) is 11.6. The van der Waals surface area contributed by atoms with Crippen molar-refractivity contribution in [2.24, 2.45) is 0 Å². The van der Waals surface area contributed by atoms with E-state index >= 15 is 0 Å². The van der Waals surface area contributed by atoms with Gasteiger partial charge in [0.15, 0.2) is 5.82 Å². The van der Waals surface area contributed by atoms with Gasteiger partial charge in [0.1, 0.15) is 5.82 Å². The molecule has 0 unspecified atom stereocenters. The molecule has 1 aromatic heterocycles. The second-order valence-electron chi connectivity index (χ2n) is 4.58. The second-order valence-corrected chi connectivity index (χ2v) is 5.46. The smallest absolute Gasteiger partial charge is 0.249 e. The Kier molecular flexibility index (Phi) is 4.55. The monoisotopic (exact) mass is 349 g/mol. The molecule has 2 aromatic carbocycles. The molecule has 0 aliphatic carbocycles. The molecule has 3 aromatic rings. The highest BCUT2D eigenvalue weighted by molar-refractivity contribution is 6.35. The van der Waals surface area contributed by atoms with Gasteiger partial charge in [-0.3, -0.25) is 0 Å². The van der Waals surface area contributed by atoms with Crippen molar-refractivity contribution in [3.63, 3.8) is 0 Å². The number of benzene rings is 2. The molecule has 0 spiro atoms. The van der Waals surface area contributed by atoms with Crippen molar-refractivity contribution in [3.05, 3.63) is 64.5 Å². The first-order valence-electron chi connectivity index (χ1n) is 6.54. The lowest BCUT2D eigenvalue weighted by Gasteiger charge is -2.08. The number of hydrogen-bond acceptors (Lipinski definition) is 5. The summed E-state index contributed by atoms with van der Waals surface area (Å²) in [5, 5.41) is 14.6. The summed E-state index contributed by atoms with van der Waals surface area (Å²) in [4.78, 5) is 4.25. The van der Waals surface area contributed by atoms with Crippen LogP contribution in [0.25, 0.3) is 0 Å². The Bertz CT molecular complexity index is 823. The van der Waals surface area contributed by atoms with Crippen LogP contribution in [0.3, 0.4) is 0 Å². The van der Waals surface area contributed by atoms with Gasteiger partial charge < -0.3 is 10.6 Å². The minimum absolute atomic E-state index is 0.230. The van der Waals surface area contributed by atoms with E-state index in [1.807, 2.05) is 0 Å². The summed E-state index contributed by atoms with van der Waals surface area (Å²) in [6, 6.07) is 11.0. The van der Waals surface area contributed by atoms with Gasteiger partial charge in [0, 0.05) is 21.4 Å². The second kappa shape index (κ2) is 6.76. The third-order valence-electron chi connectivity index (χ3n) is 2.77. The Morgan fingerprint density at radius 3 is 2.43 bits per heavy atom. The van der Waals surface area contributed by atoms with Crippen molar-refractivity contribution in [1.29, 1.82) is 0 Å². The van der Waals surface area contributed by atoms with Crippen LogP contribution in [0.2, 0.25) is 10.0 Å². The summed E-state index contributed by atoms with van der Waals surface area (Å²) >= 11 is 11.9. The fourth-order valence-electron chi connectivity index (χ4n) is 1.89. The number of nitrogens with zero attached hydrogens (tertiary/aromatic N) is 3. The molecule has 1 heterocycles. The Morgan fingerprint density at radius 1 is 0.913 bits per heavy atom. The predicted octanol–water partition coefficient (Wildman–Crippen LogP) is 4.80. The zero-order chi connectivity index (χ0) is 16.2. The molecule has 0 fully saturated rings. The molecule has 8 heteroatoms. The molecule has 3 rings (SSSR count). The number of hydrogen-bond donors (Lipinski definition) is 2. The van der Waals surface area contributed by atoms with E-state index in [1.165, 1.54) is 18.3 Å². The number of aromatic nitrogens is 3. The first kappa shape index (κ1) is 15.5. The van der Waals surface area contributed by atoms with E-state index in [4.69, 9.17) is 23.2 Å². The van der Waals surface area contributed by atoms with Crippen LogP contribution in [0, 0.1) is 5.82 Å². The largest absolute Gasteiger partial charge is 0.339 e.